The lowest BCUT2D eigenvalue weighted by Gasteiger charge is -2.16. The molecule has 1 aliphatic rings. The summed E-state index contributed by atoms with van der Waals surface area (Å²) in [5.41, 5.74) is 5.51. The van der Waals surface area contributed by atoms with Gasteiger partial charge in [-0.15, -0.1) is 0 Å². The number of amides is 2. The lowest BCUT2D eigenvalue weighted by Crippen LogP contribution is -2.44. The maximum absolute atomic E-state index is 11.6. The summed E-state index contributed by atoms with van der Waals surface area (Å²) in [6, 6.07) is 6.78. The van der Waals surface area contributed by atoms with Crippen molar-refractivity contribution >= 4 is 29.5 Å². The molecule has 3 N–H and O–H groups in total. The molecular formula is C28H46N6O3S. The highest BCUT2D eigenvalue weighted by atomic mass is 32.2. The summed E-state index contributed by atoms with van der Waals surface area (Å²) in [5, 5.41) is 7.36. The molecule has 212 valence electrons. The van der Waals surface area contributed by atoms with E-state index in [4.69, 9.17) is 5.73 Å². The average Bonchev–Trinajstić information content (AvgIpc) is 3.24. The van der Waals surface area contributed by atoms with Crippen LogP contribution in [0.3, 0.4) is 0 Å². The van der Waals surface area contributed by atoms with Gasteiger partial charge in [-0.25, -0.2) is 9.29 Å². The van der Waals surface area contributed by atoms with Crippen molar-refractivity contribution in [1.82, 2.24) is 24.4 Å². The number of aryl methyl sites for hydroxylation is 1. The summed E-state index contributed by atoms with van der Waals surface area (Å²) in [6.45, 7) is 7.82. The second kappa shape index (κ2) is 20.3. The second-order valence-corrected chi connectivity index (χ2v) is 10.3. The van der Waals surface area contributed by atoms with Gasteiger partial charge in [-0.2, -0.15) is 5.10 Å². The van der Waals surface area contributed by atoms with E-state index in [9.17, 15) is 14.4 Å². The first kappa shape index (κ1) is 33.3. The molecule has 1 atom stereocenters. The fourth-order valence-electron chi connectivity index (χ4n) is 3.63. The van der Waals surface area contributed by atoms with E-state index < -0.39 is 11.9 Å². The van der Waals surface area contributed by atoms with Crippen LogP contribution in [0.5, 0.6) is 0 Å². The number of hydrogen-bond donors (Lipinski definition) is 2. The van der Waals surface area contributed by atoms with Gasteiger partial charge >= 0.3 is 0 Å². The monoisotopic (exact) mass is 546 g/mol. The molecule has 3 heterocycles. The molecule has 2 amide bonds. The summed E-state index contributed by atoms with van der Waals surface area (Å²) in [5.74, 6) is -0.537. The van der Waals surface area contributed by atoms with E-state index in [2.05, 4.69) is 33.6 Å². The minimum atomic E-state index is -0.632. The number of hydrogen-bond acceptors (Lipinski definition) is 7. The van der Waals surface area contributed by atoms with Gasteiger partial charge in [0, 0.05) is 32.4 Å². The van der Waals surface area contributed by atoms with E-state index >= 15 is 0 Å². The van der Waals surface area contributed by atoms with E-state index in [0.29, 0.717) is 24.4 Å². The summed E-state index contributed by atoms with van der Waals surface area (Å²) >= 11 is 1.58. The molecule has 3 rings (SSSR count). The number of Topliss-reactive ketones (excluding diaryl/α,β-unsaturated/α-hetero) is 1. The second-order valence-electron chi connectivity index (χ2n) is 9.21. The van der Waals surface area contributed by atoms with Crippen LogP contribution < -0.4 is 11.1 Å². The van der Waals surface area contributed by atoms with Gasteiger partial charge in [0.1, 0.15) is 22.5 Å². The van der Waals surface area contributed by atoms with Crippen LogP contribution in [0.4, 0.5) is 0 Å². The lowest BCUT2D eigenvalue weighted by atomic mass is 10.1. The third-order valence-electron chi connectivity index (χ3n) is 5.89. The molecule has 9 nitrogen and oxygen atoms in total. The average molecular weight is 547 g/mol. The first-order valence-corrected chi connectivity index (χ1v) is 14.5. The quantitative estimate of drug-likeness (QED) is 0.303. The number of nitrogens with one attached hydrogen (secondary N) is 1. The molecule has 0 saturated carbocycles. The van der Waals surface area contributed by atoms with E-state index in [1.807, 2.05) is 18.2 Å². The van der Waals surface area contributed by atoms with Gasteiger partial charge in [-0.3, -0.25) is 19.1 Å². The van der Waals surface area contributed by atoms with Gasteiger partial charge < -0.3 is 11.1 Å². The Morgan fingerprint density at radius 3 is 2.29 bits per heavy atom. The van der Waals surface area contributed by atoms with Crippen molar-refractivity contribution in [3.8, 4) is 0 Å². The first-order chi connectivity index (χ1) is 18.3. The molecule has 1 fully saturated rings. The lowest BCUT2D eigenvalue weighted by molar-refractivity contribution is -0.120. The van der Waals surface area contributed by atoms with Crippen molar-refractivity contribution in [3.05, 3.63) is 42.4 Å². The number of carbonyl (C=O) groups excluding carboxylic acids is 3. The third-order valence-corrected chi connectivity index (χ3v) is 6.89. The minimum absolute atomic E-state index is 0.343. The summed E-state index contributed by atoms with van der Waals surface area (Å²) < 4.78 is 3.54. The van der Waals surface area contributed by atoms with Crippen molar-refractivity contribution in [3.63, 3.8) is 0 Å². The normalized spacial score (nSPS) is 14.3. The maximum Gasteiger partial charge on any atom is 0.270 e. The van der Waals surface area contributed by atoms with Crippen molar-refractivity contribution in [2.24, 2.45) is 12.8 Å². The Balaban J connectivity index is 0.000000300. The Bertz CT molecular complexity index is 932. The zero-order valence-corrected chi connectivity index (χ0v) is 24.3. The summed E-state index contributed by atoms with van der Waals surface area (Å²) in [4.78, 5) is 38.2. The van der Waals surface area contributed by atoms with Gasteiger partial charge in [0.05, 0.1) is 6.54 Å². The zero-order valence-electron chi connectivity index (χ0n) is 23.5. The molecular weight excluding hydrogens is 500 g/mol. The van der Waals surface area contributed by atoms with Crippen molar-refractivity contribution < 1.29 is 14.4 Å². The van der Waals surface area contributed by atoms with Gasteiger partial charge in [0.2, 0.25) is 5.91 Å². The van der Waals surface area contributed by atoms with Gasteiger partial charge in [-0.1, -0.05) is 65.4 Å². The smallest absolute Gasteiger partial charge is 0.270 e. The molecule has 0 spiro atoms. The summed E-state index contributed by atoms with van der Waals surface area (Å²) in [6.07, 6.45) is 15.1. The zero-order chi connectivity index (χ0) is 28.2. The van der Waals surface area contributed by atoms with E-state index in [1.165, 1.54) is 49.4 Å². The Hall–Kier alpha value is -2.72. The number of nitrogens with zero attached hydrogens (tertiary/aromatic N) is 4. The molecule has 2 aromatic rings. The fourth-order valence-corrected chi connectivity index (χ4v) is 4.57. The molecule has 1 saturated heterocycles. The van der Waals surface area contributed by atoms with Crippen LogP contribution in [0, 0.1) is 0 Å². The highest BCUT2D eigenvalue weighted by molar-refractivity contribution is 7.97. The molecule has 38 heavy (non-hydrogen) atoms. The summed E-state index contributed by atoms with van der Waals surface area (Å²) in [7, 11) is 1.65. The number of rotatable bonds is 11. The standard InChI is InChI=1S/C11H14N2OS.C9H14N4O2.C8H18/c14-10-5-2-4-8-13(9-10)15-11-6-1-3-7-12-11;1-3-6(8(10)14)12-9(15)7-4-5-11-13(7)2;1-3-5-7-8-6-4-2/h1,3,6-7H,2,4-5,8-9H2;4-6H,3H2,1-2H3,(H2,10,14)(H,12,15);3-8H2,1-2H3. The third kappa shape index (κ3) is 14.3. The van der Waals surface area contributed by atoms with E-state index in [0.717, 1.165) is 30.8 Å². The Morgan fingerprint density at radius 1 is 1.05 bits per heavy atom. The predicted octanol–water partition coefficient (Wildman–Crippen LogP) is 4.92. The van der Waals surface area contributed by atoms with Gasteiger partial charge in [0.15, 0.2) is 0 Å². The van der Waals surface area contributed by atoms with Crippen LogP contribution in [-0.2, 0) is 16.6 Å². The van der Waals surface area contributed by atoms with Crippen LogP contribution in [0.25, 0.3) is 0 Å². The molecule has 0 aromatic carbocycles. The van der Waals surface area contributed by atoms with Crippen LogP contribution in [0.2, 0.25) is 0 Å². The van der Waals surface area contributed by atoms with E-state index in [-0.39, 0.29) is 5.91 Å². The SMILES string of the molecule is CCC(NC(=O)c1ccnn1C)C(N)=O.CCCCCCCC.O=C1CCCCN(Sc2ccccn2)C1. The Labute approximate surface area is 232 Å². The number of pyridine rings is 1. The van der Waals surface area contributed by atoms with Crippen molar-refractivity contribution in [2.45, 2.75) is 96.0 Å². The van der Waals surface area contributed by atoms with Crippen molar-refractivity contribution in [2.75, 3.05) is 13.1 Å². The molecule has 1 aliphatic heterocycles. The van der Waals surface area contributed by atoms with Gasteiger partial charge in [-0.05, 0) is 49.4 Å². The first-order valence-electron chi connectivity index (χ1n) is 13.8. The minimum Gasteiger partial charge on any atom is -0.368 e. The van der Waals surface area contributed by atoms with Crippen LogP contribution in [0.1, 0.15) is 95.5 Å². The van der Waals surface area contributed by atoms with Gasteiger partial charge in [0.25, 0.3) is 5.91 Å². The molecule has 10 heteroatoms. The topological polar surface area (TPSA) is 123 Å². The molecule has 0 radical (unpaired) electrons. The number of unbranched alkanes of at least 4 members (excludes halogenated alkanes) is 5. The van der Waals surface area contributed by atoms with E-state index in [1.54, 1.807) is 38.2 Å². The van der Waals surface area contributed by atoms with Crippen LogP contribution >= 0.6 is 11.9 Å². The Morgan fingerprint density at radius 2 is 1.76 bits per heavy atom. The van der Waals surface area contributed by atoms with Crippen molar-refractivity contribution in [1.29, 1.82) is 0 Å². The predicted molar refractivity (Wildman–Crippen MR) is 154 cm³/mol. The largest absolute Gasteiger partial charge is 0.368 e. The highest BCUT2D eigenvalue weighted by Crippen LogP contribution is 2.22. The molecule has 0 aliphatic carbocycles. The number of ketones is 1. The van der Waals surface area contributed by atoms with Crippen LogP contribution in [-0.4, -0.2) is 55.8 Å². The molecule has 1 unspecified atom stereocenters. The number of primary amides is 1. The molecule has 0 bridgehead atoms. The molecule has 2 aromatic heterocycles. The number of carbonyl (C=O) groups is 3. The van der Waals surface area contributed by atoms with Crippen LogP contribution in [0.15, 0.2) is 41.7 Å². The number of aromatic nitrogens is 3. The Kier molecular flexibility index (Phi) is 17.8. The highest BCUT2D eigenvalue weighted by Gasteiger charge is 2.18. The fraction of sp³-hybridized carbons (Fsp3) is 0.607. The number of nitrogens with two attached hydrogens (primary N) is 1. The maximum atomic E-state index is 11.6.